The number of rotatable bonds is 3. The fourth-order valence-corrected chi connectivity index (χ4v) is 5.90. The van der Waals surface area contributed by atoms with E-state index in [1.807, 2.05) is 25.1 Å². The molecule has 0 aromatic carbocycles. The molecule has 0 spiro atoms. The molecule has 4 rings (SSSR count). The van der Waals surface area contributed by atoms with E-state index in [9.17, 15) is 13.9 Å². The van der Waals surface area contributed by atoms with Gasteiger partial charge >= 0.3 is 0 Å². The molecular formula is C17H21N5O3S2. The van der Waals surface area contributed by atoms with Crippen molar-refractivity contribution in [2.75, 3.05) is 11.5 Å². The molecular weight excluding hydrogens is 386 g/mol. The molecule has 10 heteroatoms. The SMILES string of the molecule is Cc1sc(C(=O)N[C@H]2CCS(O)(O)C[C@H]2N)cc1-c1cnc2cccnn12. The van der Waals surface area contributed by atoms with Crippen molar-refractivity contribution >= 4 is 33.5 Å². The number of hydrogen-bond acceptors (Lipinski definition) is 7. The summed E-state index contributed by atoms with van der Waals surface area (Å²) in [5, 5.41) is 7.27. The van der Waals surface area contributed by atoms with Crippen LogP contribution >= 0.6 is 21.9 Å². The van der Waals surface area contributed by atoms with Crippen molar-refractivity contribution in [1.82, 2.24) is 19.9 Å². The Hall–Kier alpha value is -1.98. The summed E-state index contributed by atoms with van der Waals surface area (Å²) in [6.45, 7) is 1.96. The Morgan fingerprint density at radius 3 is 3.07 bits per heavy atom. The van der Waals surface area contributed by atoms with Crippen molar-refractivity contribution in [3.05, 3.63) is 40.3 Å². The van der Waals surface area contributed by atoms with Crippen molar-refractivity contribution in [2.24, 2.45) is 5.73 Å². The van der Waals surface area contributed by atoms with Crippen LogP contribution in [-0.2, 0) is 0 Å². The van der Waals surface area contributed by atoms with Crippen LogP contribution in [0.5, 0.6) is 0 Å². The Kier molecular flexibility index (Phi) is 4.68. The maximum Gasteiger partial charge on any atom is 0.261 e. The fourth-order valence-electron chi connectivity index (χ4n) is 3.32. The largest absolute Gasteiger partial charge is 0.347 e. The lowest BCUT2D eigenvalue weighted by atomic mass is 10.1. The van der Waals surface area contributed by atoms with Gasteiger partial charge in [-0.2, -0.15) is 15.7 Å². The molecule has 27 heavy (non-hydrogen) atoms. The number of amides is 1. The van der Waals surface area contributed by atoms with Crippen LogP contribution in [0.2, 0.25) is 0 Å². The summed E-state index contributed by atoms with van der Waals surface area (Å²) in [7, 11) is -2.61. The lowest BCUT2D eigenvalue weighted by Crippen LogP contribution is -2.53. The predicted molar refractivity (Wildman–Crippen MR) is 107 cm³/mol. The molecule has 0 unspecified atom stereocenters. The summed E-state index contributed by atoms with van der Waals surface area (Å²) in [6, 6.07) is 4.82. The topological polar surface area (TPSA) is 126 Å². The minimum Gasteiger partial charge on any atom is -0.347 e. The van der Waals surface area contributed by atoms with E-state index in [1.165, 1.54) is 11.3 Å². The van der Waals surface area contributed by atoms with Crippen molar-refractivity contribution in [3.8, 4) is 11.3 Å². The summed E-state index contributed by atoms with van der Waals surface area (Å²) >= 11 is 1.40. The van der Waals surface area contributed by atoms with E-state index in [-0.39, 0.29) is 23.5 Å². The zero-order valence-corrected chi connectivity index (χ0v) is 16.3. The first kappa shape index (κ1) is 18.4. The Labute approximate surface area is 161 Å². The van der Waals surface area contributed by atoms with Gasteiger partial charge in [0.15, 0.2) is 5.65 Å². The van der Waals surface area contributed by atoms with Gasteiger partial charge in [-0.05, 0) is 31.5 Å². The molecule has 3 aromatic rings. The van der Waals surface area contributed by atoms with Gasteiger partial charge in [0.2, 0.25) is 0 Å². The first-order chi connectivity index (χ1) is 12.8. The van der Waals surface area contributed by atoms with E-state index in [4.69, 9.17) is 5.73 Å². The molecule has 0 bridgehead atoms. The highest BCUT2D eigenvalue weighted by Gasteiger charge is 2.32. The second kappa shape index (κ2) is 6.88. The predicted octanol–water partition coefficient (Wildman–Crippen LogP) is 2.35. The summed E-state index contributed by atoms with van der Waals surface area (Å²) in [5.41, 5.74) is 8.52. The molecule has 2 atom stereocenters. The van der Waals surface area contributed by atoms with Crippen LogP contribution in [0.15, 0.2) is 30.6 Å². The number of thiophene rings is 1. The molecule has 144 valence electrons. The molecule has 1 amide bonds. The highest BCUT2D eigenvalue weighted by molar-refractivity contribution is 8.24. The summed E-state index contributed by atoms with van der Waals surface area (Å²) < 4.78 is 21.3. The van der Waals surface area contributed by atoms with Crippen LogP contribution in [0, 0.1) is 6.92 Å². The van der Waals surface area contributed by atoms with Crippen molar-refractivity contribution < 1.29 is 13.9 Å². The Morgan fingerprint density at radius 1 is 1.48 bits per heavy atom. The van der Waals surface area contributed by atoms with Crippen LogP contribution in [0.3, 0.4) is 0 Å². The number of carbonyl (C=O) groups excluding carboxylic acids is 1. The second-order valence-electron chi connectivity index (χ2n) is 6.72. The summed E-state index contributed by atoms with van der Waals surface area (Å²) in [4.78, 5) is 18.6. The fraction of sp³-hybridized carbons (Fsp3) is 0.353. The minimum absolute atomic E-state index is 0.125. The first-order valence-electron chi connectivity index (χ1n) is 8.54. The van der Waals surface area contributed by atoms with E-state index in [2.05, 4.69) is 15.4 Å². The molecule has 4 heterocycles. The van der Waals surface area contributed by atoms with E-state index in [0.717, 1.165) is 21.8 Å². The number of hydrogen-bond donors (Lipinski definition) is 4. The maximum atomic E-state index is 12.7. The molecule has 1 aliphatic rings. The van der Waals surface area contributed by atoms with Crippen molar-refractivity contribution in [1.29, 1.82) is 0 Å². The van der Waals surface area contributed by atoms with Gasteiger partial charge in [0.1, 0.15) is 0 Å². The van der Waals surface area contributed by atoms with Crippen molar-refractivity contribution in [3.63, 3.8) is 0 Å². The zero-order chi connectivity index (χ0) is 19.2. The zero-order valence-electron chi connectivity index (χ0n) is 14.7. The van der Waals surface area contributed by atoms with E-state index >= 15 is 0 Å². The van der Waals surface area contributed by atoms with Gasteiger partial charge < -0.3 is 11.1 Å². The summed E-state index contributed by atoms with van der Waals surface area (Å²) in [5.74, 6) is 0.198. The smallest absolute Gasteiger partial charge is 0.261 e. The number of imidazole rings is 1. The quantitative estimate of drug-likeness (QED) is 0.528. The minimum atomic E-state index is -2.61. The Bertz CT molecular complexity index is 1000. The number of aryl methyl sites for hydroxylation is 1. The molecule has 1 saturated heterocycles. The number of nitrogens with zero attached hydrogens (tertiary/aromatic N) is 3. The lowest BCUT2D eigenvalue weighted by molar-refractivity contribution is 0.0933. The molecule has 0 saturated carbocycles. The third kappa shape index (κ3) is 3.58. The lowest BCUT2D eigenvalue weighted by Gasteiger charge is -2.42. The van der Waals surface area contributed by atoms with Gasteiger partial charge in [-0.1, -0.05) is 0 Å². The molecule has 8 nitrogen and oxygen atoms in total. The third-order valence-corrected chi connectivity index (χ3v) is 7.60. The molecule has 0 aliphatic carbocycles. The van der Waals surface area contributed by atoms with E-state index in [0.29, 0.717) is 11.3 Å². The van der Waals surface area contributed by atoms with Gasteiger partial charge in [0.05, 0.1) is 22.5 Å². The van der Waals surface area contributed by atoms with Crippen molar-refractivity contribution in [2.45, 2.75) is 25.4 Å². The standard InChI is InChI=1S/C17H21N5O3S2/c1-10-11(14-8-19-16-3-2-5-20-22(14)16)7-15(26-10)17(23)21-13-4-6-27(24,25)9-12(13)18/h2-3,5,7-8,12-13,24-25H,4,6,9,18H2,1H3,(H,21,23)/t12-,13+/m1/s1. The van der Waals surface area contributed by atoms with E-state index < -0.39 is 16.6 Å². The number of nitrogens with two attached hydrogens (primary N) is 1. The molecule has 0 radical (unpaired) electrons. The molecule has 1 aliphatic heterocycles. The number of nitrogens with one attached hydrogen (secondary N) is 1. The van der Waals surface area contributed by atoms with Gasteiger partial charge in [-0.15, -0.1) is 11.3 Å². The molecule has 3 aromatic heterocycles. The average Bonchev–Trinajstić information content (AvgIpc) is 3.20. The van der Waals surface area contributed by atoms with Gasteiger partial charge in [0, 0.05) is 34.5 Å². The maximum absolute atomic E-state index is 12.7. The monoisotopic (exact) mass is 407 g/mol. The molecule has 5 N–H and O–H groups in total. The van der Waals surface area contributed by atoms with Crippen LogP contribution in [0.25, 0.3) is 16.9 Å². The highest BCUT2D eigenvalue weighted by Crippen LogP contribution is 2.43. The van der Waals surface area contributed by atoms with Crippen LogP contribution in [0.1, 0.15) is 21.0 Å². The van der Waals surface area contributed by atoms with Gasteiger partial charge in [-0.3, -0.25) is 13.9 Å². The Morgan fingerprint density at radius 2 is 2.30 bits per heavy atom. The number of carbonyl (C=O) groups is 1. The third-order valence-electron chi connectivity index (χ3n) is 4.74. The normalized spacial score (nSPS) is 23.3. The van der Waals surface area contributed by atoms with Gasteiger partial charge in [-0.25, -0.2) is 9.50 Å². The average molecular weight is 408 g/mol. The molecule has 1 fully saturated rings. The van der Waals surface area contributed by atoms with Crippen LogP contribution in [0.4, 0.5) is 0 Å². The second-order valence-corrected chi connectivity index (χ2v) is 10.3. The highest BCUT2D eigenvalue weighted by atomic mass is 32.3. The van der Waals surface area contributed by atoms with Gasteiger partial charge in [0.25, 0.3) is 5.91 Å². The first-order valence-corrected chi connectivity index (χ1v) is 11.2. The summed E-state index contributed by atoms with van der Waals surface area (Å²) in [6.07, 6.45) is 3.91. The Balaban J connectivity index is 1.55. The van der Waals surface area contributed by atoms with Crippen LogP contribution in [-0.4, -0.2) is 53.2 Å². The van der Waals surface area contributed by atoms with E-state index in [1.54, 1.807) is 16.9 Å². The number of fused-ring (bicyclic) bond motifs is 1. The number of aromatic nitrogens is 3. The van der Waals surface area contributed by atoms with Crippen LogP contribution < -0.4 is 11.1 Å².